The van der Waals surface area contributed by atoms with Crippen LogP contribution >= 0.6 is 11.6 Å². The number of fused-ring (bicyclic) bond motifs is 1. The van der Waals surface area contributed by atoms with E-state index in [1.54, 1.807) is 48.5 Å². The molecule has 0 saturated heterocycles. The van der Waals surface area contributed by atoms with Crippen LogP contribution in [0.5, 0.6) is 17.2 Å². The minimum absolute atomic E-state index is 0.0959. The second kappa shape index (κ2) is 15.4. The molecule has 13 heteroatoms. The summed E-state index contributed by atoms with van der Waals surface area (Å²) in [6, 6.07) is 24.4. The van der Waals surface area contributed by atoms with E-state index in [1.165, 1.54) is 19.2 Å². The molecule has 0 aliphatic rings. The van der Waals surface area contributed by atoms with Gasteiger partial charge in [0.25, 0.3) is 5.91 Å². The van der Waals surface area contributed by atoms with Gasteiger partial charge in [-0.15, -0.1) is 0 Å². The largest absolute Gasteiger partial charge is 0.506 e. The maximum Gasteiger partial charge on any atom is 0.405 e. The number of hydrogen-bond donors (Lipinski definition) is 7. The number of aromatic nitrogens is 1. The summed E-state index contributed by atoms with van der Waals surface area (Å²) in [4.78, 5) is 38.6. The first-order valence-electron chi connectivity index (χ1n) is 14.8. The normalized spacial score (nSPS) is 12.2. The SMILES string of the molecule is COc1cc(NC(=O)COc2cccc([C@@H](NC(=O)O)c3ccccc3)c2)c(Cl)cc1CNCC(O)c1ccc(O)c2[nH]c(=O)ccc12. The molecule has 5 aromatic rings. The molecule has 2 amide bonds. The predicted octanol–water partition coefficient (Wildman–Crippen LogP) is 5.09. The second-order valence-corrected chi connectivity index (χ2v) is 11.2. The van der Waals surface area contributed by atoms with Gasteiger partial charge in [-0.2, -0.15) is 0 Å². The van der Waals surface area contributed by atoms with Crippen LogP contribution in [0.3, 0.4) is 0 Å². The summed E-state index contributed by atoms with van der Waals surface area (Å²) in [5, 5.41) is 39.5. The maximum absolute atomic E-state index is 12.8. The molecular weight excluding hydrogens is 640 g/mol. The Labute approximate surface area is 279 Å². The molecule has 0 radical (unpaired) electrons. The molecular formula is C35H33ClN4O8. The first kappa shape index (κ1) is 33.8. The topological polar surface area (TPSA) is 182 Å². The van der Waals surface area contributed by atoms with Crippen molar-refractivity contribution in [1.82, 2.24) is 15.6 Å². The van der Waals surface area contributed by atoms with Crippen LogP contribution in [0, 0.1) is 0 Å². The number of aliphatic hydroxyl groups is 1. The fraction of sp³-hybridized carbons (Fsp3) is 0.171. The number of H-pyrrole nitrogens is 1. The van der Waals surface area contributed by atoms with Crippen molar-refractivity contribution in [1.29, 1.82) is 0 Å². The number of methoxy groups -OCH3 is 1. The summed E-state index contributed by atoms with van der Waals surface area (Å²) in [6.07, 6.45) is -2.14. The van der Waals surface area contributed by atoms with Gasteiger partial charge in [0.15, 0.2) is 6.61 Å². The van der Waals surface area contributed by atoms with Gasteiger partial charge in [0.1, 0.15) is 17.2 Å². The number of carbonyl (C=O) groups excluding carboxylic acids is 1. The van der Waals surface area contributed by atoms with Gasteiger partial charge in [-0.1, -0.05) is 60.1 Å². The van der Waals surface area contributed by atoms with E-state index < -0.39 is 24.1 Å². The lowest BCUT2D eigenvalue weighted by molar-refractivity contribution is -0.118. The molecule has 0 spiro atoms. The highest BCUT2D eigenvalue weighted by molar-refractivity contribution is 6.33. The number of aromatic amines is 1. The molecule has 0 saturated carbocycles. The van der Waals surface area contributed by atoms with Gasteiger partial charge in [0, 0.05) is 36.2 Å². The molecule has 2 atom stereocenters. The average molecular weight is 673 g/mol. The van der Waals surface area contributed by atoms with E-state index >= 15 is 0 Å². The Bertz CT molecular complexity index is 1990. The van der Waals surface area contributed by atoms with Crippen molar-refractivity contribution >= 4 is 40.2 Å². The number of anilines is 1. The molecule has 0 aliphatic heterocycles. The summed E-state index contributed by atoms with van der Waals surface area (Å²) in [6.45, 7) is 0.0575. The number of carboxylic acid groups (broad SMARTS) is 1. The van der Waals surface area contributed by atoms with Gasteiger partial charge >= 0.3 is 6.09 Å². The van der Waals surface area contributed by atoms with E-state index in [0.717, 1.165) is 5.56 Å². The van der Waals surface area contributed by atoms with Crippen molar-refractivity contribution in [2.75, 3.05) is 25.6 Å². The highest BCUT2D eigenvalue weighted by Gasteiger charge is 2.18. The molecule has 248 valence electrons. The number of phenols is 1. The Balaban J connectivity index is 1.20. The molecule has 1 aromatic heterocycles. The number of phenolic OH excluding ortho intramolecular Hbond substituents is 1. The number of carbonyl (C=O) groups is 2. The minimum atomic E-state index is -1.18. The van der Waals surface area contributed by atoms with Crippen molar-refractivity contribution in [2.24, 2.45) is 0 Å². The first-order chi connectivity index (χ1) is 23.1. The summed E-state index contributed by atoms with van der Waals surface area (Å²) in [7, 11) is 1.48. The summed E-state index contributed by atoms with van der Waals surface area (Å²) in [5.41, 5.74) is 2.76. The number of amides is 2. The molecule has 1 unspecified atom stereocenters. The number of pyridine rings is 1. The Hall–Kier alpha value is -5.56. The number of ether oxygens (including phenoxy) is 2. The zero-order chi connectivity index (χ0) is 34.2. The van der Waals surface area contributed by atoms with Gasteiger partial charge in [-0.05, 0) is 47.0 Å². The number of halogens is 1. The van der Waals surface area contributed by atoms with Crippen LogP contribution in [0.15, 0.2) is 95.8 Å². The number of aliphatic hydroxyl groups excluding tert-OH is 1. The third kappa shape index (κ3) is 8.23. The molecule has 12 nitrogen and oxygen atoms in total. The van der Waals surface area contributed by atoms with Crippen LogP contribution in [0.25, 0.3) is 10.9 Å². The van der Waals surface area contributed by atoms with E-state index in [4.69, 9.17) is 21.1 Å². The highest BCUT2D eigenvalue weighted by Crippen LogP contribution is 2.32. The van der Waals surface area contributed by atoms with E-state index in [0.29, 0.717) is 39.3 Å². The molecule has 5 rings (SSSR count). The van der Waals surface area contributed by atoms with E-state index in [2.05, 4.69) is 20.9 Å². The zero-order valence-electron chi connectivity index (χ0n) is 25.7. The maximum atomic E-state index is 12.8. The number of rotatable bonds is 13. The van der Waals surface area contributed by atoms with Crippen LogP contribution < -0.4 is 31.0 Å². The highest BCUT2D eigenvalue weighted by atomic mass is 35.5. The van der Waals surface area contributed by atoms with Crippen molar-refractivity contribution in [3.05, 3.63) is 129 Å². The van der Waals surface area contributed by atoms with Crippen LogP contribution in [0.1, 0.15) is 34.4 Å². The quantitative estimate of drug-likeness (QED) is 0.0896. The standard InChI is InChI=1S/C35H33ClN4O8/c1-47-30-16-27(26(36)15-22(30)17-37-18-29(42)24-10-12-28(41)34-25(24)11-13-31(43)39-34)38-32(44)19-48-23-9-5-8-21(14-23)33(40-35(45)46)20-6-3-2-4-7-20/h2-16,29,33,37,40-42H,17-19H2,1H3,(H,38,44)(H,39,43)(H,45,46)/t29?,33-/m0/s1. The van der Waals surface area contributed by atoms with Crippen molar-refractivity contribution < 1.29 is 34.4 Å². The van der Waals surface area contributed by atoms with Crippen LogP contribution in [-0.2, 0) is 11.3 Å². The molecule has 48 heavy (non-hydrogen) atoms. The summed E-state index contributed by atoms with van der Waals surface area (Å²) in [5.74, 6) is 0.234. The van der Waals surface area contributed by atoms with Gasteiger partial charge in [-0.25, -0.2) is 4.79 Å². The number of benzene rings is 4. The van der Waals surface area contributed by atoms with Gasteiger partial charge in [0.2, 0.25) is 5.56 Å². The lowest BCUT2D eigenvalue weighted by Gasteiger charge is -2.19. The van der Waals surface area contributed by atoms with Crippen LogP contribution in [0.2, 0.25) is 5.02 Å². The van der Waals surface area contributed by atoms with E-state index in [1.807, 2.05) is 30.3 Å². The third-order valence-corrected chi connectivity index (χ3v) is 7.84. The molecule has 4 aromatic carbocycles. The lowest BCUT2D eigenvalue weighted by atomic mass is 9.99. The predicted molar refractivity (Wildman–Crippen MR) is 181 cm³/mol. The average Bonchev–Trinajstić information content (AvgIpc) is 3.08. The lowest BCUT2D eigenvalue weighted by Crippen LogP contribution is -2.27. The molecule has 0 aliphatic carbocycles. The van der Waals surface area contributed by atoms with Crippen molar-refractivity contribution in [3.63, 3.8) is 0 Å². The zero-order valence-corrected chi connectivity index (χ0v) is 26.5. The van der Waals surface area contributed by atoms with E-state index in [9.17, 15) is 29.7 Å². The van der Waals surface area contributed by atoms with Gasteiger partial charge in [0.05, 0.1) is 35.5 Å². The smallest absolute Gasteiger partial charge is 0.405 e. The molecule has 1 heterocycles. The fourth-order valence-electron chi connectivity index (χ4n) is 5.27. The van der Waals surface area contributed by atoms with Gasteiger partial charge < -0.3 is 45.7 Å². The number of aromatic hydroxyl groups is 1. The van der Waals surface area contributed by atoms with Crippen molar-refractivity contribution in [2.45, 2.75) is 18.7 Å². The molecule has 0 bridgehead atoms. The first-order valence-corrected chi connectivity index (χ1v) is 15.2. The Kier molecular flexibility index (Phi) is 10.8. The molecule has 7 N–H and O–H groups in total. The summed E-state index contributed by atoms with van der Waals surface area (Å²) < 4.78 is 11.2. The van der Waals surface area contributed by atoms with E-state index in [-0.39, 0.29) is 41.5 Å². The number of hydrogen-bond acceptors (Lipinski definition) is 8. The molecule has 0 fully saturated rings. The Morgan fingerprint density at radius 2 is 1.73 bits per heavy atom. The van der Waals surface area contributed by atoms with Crippen molar-refractivity contribution in [3.8, 4) is 17.2 Å². The van der Waals surface area contributed by atoms with Gasteiger partial charge in [-0.3, -0.25) is 9.59 Å². The Morgan fingerprint density at radius 1 is 0.958 bits per heavy atom. The minimum Gasteiger partial charge on any atom is -0.506 e. The monoisotopic (exact) mass is 672 g/mol. The Morgan fingerprint density at radius 3 is 2.48 bits per heavy atom. The summed E-state index contributed by atoms with van der Waals surface area (Å²) >= 11 is 6.51. The van der Waals surface area contributed by atoms with Crippen LogP contribution in [0.4, 0.5) is 10.5 Å². The third-order valence-electron chi connectivity index (χ3n) is 7.53. The number of nitrogens with one attached hydrogen (secondary N) is 4. The van der Waals surface area contributed by atoms with Crippen LogP contribution in [-0.4, -0.2) is 52.6 Å². The second-order valence-electron chi connectivity index (χ2n) is 10.8. The fourth-order valence-corrected chi connectivity index (χ4v) is 5.50.